The number of aliphatic hydroxyl groups excluding tert-OH is 2. The zero-order valence-electron chi connectivity index (χ0n) is 21.7. The summed E-state index contributed by atoms with van der Waals surface area (Å²) in [5, 5.41) is 39.3. The van der Waals surface area contributed by atoms with Crippen LogP contribution in [0.3, 0.4) is 0 Å². The van der Waals surface area contributed by atoms with Crippen molar-refractivity contribution in [2.24, 2.45) is 41.4 Å². The lowest BCUT2D eigenvalue weighted by Crippen LogP contribution is -2.44. The number of Topliss-reactive ketones (excluding diaryl/α,β-unsaturated/α-hetero) is 1. The van der Waals surface area contributed by atoms with E-state index >= 15 is 0 Å². The van der Waals surface area contributed by atoms with E-state index < -0.39 is 29.4 Å². The second-order valence-corrected chi connectivity index (χ2v) is 12.0. The molecule has 2 bridgehead atoms. The molecule has 0 radical (unpaired) electrons. The van der Waals surface area contributed by atoms with Crippen molar-refractivity contribution >= 4 is 17.6 Å². The van der Waals surface area contributed by atoms with Gasteiger partial charge in [-0.05, 0) is 92.1 Å². The molecule has 5 aliphatic rings. The zero-order valence-corrected chi connectivity index (χ0v) is 21.7. The largest absolute Gasteiger partial charge is 0.507 e. The molecule has 2 amide bonds. The van der Waals surface area contributed by atoms with E-state index in [1.54, 1.807) is 12.2 Å². The van der Waals surface area contributed by atoms with Crippen LogP contribution in [0.15, 0.2) is 35.6 Å². The highest BCUT2D eigenvalue weighted by molar-refractivity contribution is 6.27. The second kappa shape index (κ2) is 10.0. The zero-order chi connectivity index (χ0) is 26.5. The van der Waals surface area contributed by atoms with Gasteiger partial charge in [0.1, 0.15) is 11.3 Å². The molecule has 2 aliphatic heterocycles. The summed E-state index contributed by atoms with van der Waals surface area (Å²) >= 11 is 0. The lowest BCUT2D eigenvalue weighted by molar-refractivity contribution is -0.118. The van der Waals surface area contributed by atoms with Gasteiger partial charge in [0.05, 0.1) is 17.7 Å². The lowest BCUT2D eigenvalue weighted by Gasteiger charge is -2.44. The minimum absolute atomic E-state index is 0.0195. The van der Waals surface area contributed by atoms with Gasteiger partial charge in [-0.25, -0.2) is 0 Å². The van der Waals surface area contributed by atoms with Crippen LogP contribution in [-0.4, -0.2) is 57.2 Å². The van der Waals surface area contributed by atoms with Gasteiger partial charge in [-0.2, -0.15) is 0 Å². The Kier molecular flexibility index (Phi) is 7.09. The summed E-state index contributed by atoms with van der Waals surface area (Å²) in [7, 11) is 0. The van der Waals surface area contributed by atoms with E-state index in [0.29, 0.717) is 50.5 Å². The molecule has 0 spiro atoms. The SMILES string of the molecule is CC[C@@H]1C[C@]2(O)C[C@@H]3[C@H]4CC=CC(=O)NCCC[C@@H]5NC(=O)C(=C(O)C=C[C@@H]4C[C@H](O)[C@H]3[C@@H]2[C@H]1C)C5=O. The maximum absolute atomic E-state index is 12.8. The van der Waals surface area contributed by atoms with Crippen LogP contribution in [0, 0.1) is 41.4 Å². The Morgan fingerprint density at radius 1 is 1.14 bits per heavy atom. The van der Waals surface area contributed by atoms with Crippen molar-refractivity contribution in [3.05, 3.63) is 35.6 Å². The molecule has 8 nitrogen and oxygen atoms in total. The van der Waals surface area contributed by atoms with Crippen molar-refractivity contribution in [2.45, 2.75) is 76.5 Å². The first-order chi connectivity index (χ1) is 17.6. The number of nitrogens with one attached hydrogen (secondary N) is 2. The summed E-state index contributed by atoms with van der Waals surface area (Å²) in [6.45, 7) is 4.75. The molecule has 0 aromatic rings. The number of hydrogen-bond acceptors (Lipinski definition) is 6. The number of ketones is 1. The van der Waals surface area contributed by atoms with Crippen molar-refractivity contribution in [3.8, 4) is 0 Å². The maximum Gasteiger partial charge on any atom is 0.259 e. The molecule has 5 rings (SSSR count). The van der Waals surface area contributed by atoms with E-state index in [0.717, 1.165) is 12.8 Å². The van der Waals surface area contributed by atoms with E-state index in [-0.39, 0.29) is 46.8 Å². The van der Waals surface area contributed by atoms with Gasteiger partial charge >= 0.3 is 0 Å². The van der Waals surface area contributed by atoms with Gasteiger partial charge in [0.2, 0.25) is 5.91 Å². The van der Waals surface area contributed by atoms with Crippen LogP contribution in [0.2, 0.25) is 0 Å². The Bertz CT molecular complexity index is 1050. The third kappa shape index (κ3) is 4.56. The van der Waals surface area contributed by atoms with Crippen LogP contribution in [0.5, 0.6) is 0 Å². The highest BCUT2D eigenvalue weighted by Gasteiger charge is 2.64. The number of amides is 2. The Morgan fingerprint density at radius 2 is 1.92 bits per heavy atom. The van der Waals surface area contributed by atoms with Crippen LogP contribution in [0.4, 0.5) is 0 Å². The van der Waals surface area contributed by atoms with E-state index in [9.17, 15) is 29.7 Å². The fraction of sp³-hybridized carbons (Fsp3) is 0.690. The van der Waals surface area contributed by atoms with Gasteiger partial charge < -0.3 is 26.0 Å². The number of carbonyl (C=O) groups excluding carboxylic acids is 3. The lowest BCUT2D eigenvalue weighted by atomic mass is 9.62. The minimum Gasteiger partial charge on any atom is -0.507 e. The first kappa shape index (κ1) is 26.2. The smallest absolute Gasteiger partial charge is 0.259 e. The van der Waals surface area contributed by atoms with Crippen molar-refractivity contribution < 1.29 is 29.7 Å². The Balaban J connectivity index is 1.48. The molecular formula is C29H40N2O6. The molecule has 8 heteroatoms. The molecule has 10 atom stereocenters. The van der Waals surface area contributed by atoms with E-state index in [4.69, 9.17) is 0 Å². The van der Waals surface area contributed by atoms with Crippen LogP contribution in [0.25, 0.3) is 0 Å². The quantitative estimate of drug-likeness (QED) is 0.342. The molecule has 37 heavy (non-hydrogen) atoms. The molecule has 0 unspecified atom stereocenters. The second-order valence-electron chi connectivity index (χ2n) is 12.0. The molecule has 3 saturated carbocycles. The summed E-state index contributed by atoms with van der Waals surface area (Å²) in [5.74, 6) is -0.806. The van der Waals surface area contributed by atoms with Gasteiger partial charge in [0.25, 0.3) is 5.91 Å². The summed E-state index contributed by atoms with van der Waals surface area (Å²) in [6.07, 6.45) is 10.4. The first-order valence-electron chi connectivity index (χ1n) is 14.0. The van der Waals surface area contributed by atoms with Crippen molar-refractivity contribution in [3.63, 3.8) is 0 Å². The standard InChI is InChI=1S/C29H40N2O6/c1-3-16-13-29(37)14-19-18-6-4-8-23(34)30-11-5-7-20-27(35)25(28(36)31-20)21(32)10-9-17(18)12-22(33)24(19)26(29)15(16)2/h4,8-10,15-20,22,24,26,32-33,37H,3,5-7,11-14H2,1-2H3,(H,30,34)(H,31,36)/t15-,16+,17+,18-,19+,20-,22-,24-,26-,29-/m0/s1. The van der Waals surface area contributed by atoms with Gasteiger partial charge in [-0.1, -0.05) is 32.4 Å². The summed E-state index contributed by atoms with van der Waals surface area (Å²) in [4.78, 5) is 37.6. The van der Waals surface area contributed by atoms with Crippen LogP contribution in [-0.2, 0) is 14.4 Å². The Morgan fingerprint density at radius 3 is 2.68 bits per heavy atom. The molecule has 3 aliphatic carbocycles. The van der Waals surface area contributed by atoms with Crippen LogP contribution >= 0.6 is 0 Å². The average Bonchev–Trinajstić information content (AvgIpc) is 3.41. The fourth-order valence-electron chi connectivity index (χ4n) is 8.51. The Labute approximate surface area is 218 Å². The van der Waals surface area contributed by atoms with Gasteiger partial charge in [-0.3, -0.25) is 14.4 Å². The van der Waals surface area contributed by atoms with Gasteiger partial charge in [-0.15, -0.1) is 0 Å². The van der Waals surface area contributed by atoms with Crippen molar-refractivity contribution in [2.75, 3.05) is 6.54 Å². The molecular weight excluding hydrogens is 472 g/mol. The van der Waals surface area contributed by atoms with E-state index in [2.05, 4.69) is 24.5 Å². The maximum atomic E-state index is 12.8. The fourth-order valence-corrected chi connectivity index (χ4v) is 8.51. The summed E-state index contributed by atoms with van der Waals surface area (Å²) in [6, 6.07) is -0.712. The number of allylic oxidation sites excluding steroid dienone is 3. The Hall–Kier alpha value is -2.45. The molecule has 5 N–H and O–H groups in total. The van der Waals surface area contributed by atoms with E-state index in [1.807, 2.05) is 6.08 Å². The predicted octanol–water partition coefficient (Wildman–Crippen LogP) is 2.32. The highest BCUT2D eigenvalue weighted by Crippen LogP contribution is 2.64. The normalized spacial score (nSPS) is 44.3. The molecule has 4 fully saturated rings. The molecule has 0 aromatic carbocycles. The van der Waals surface area contributed by atoms with Crippen LogP contribution in [0.1, 0.15) is 58.8 Å². The van der Waals surface area contributed by atoms with Crippen molar-refractivity contribution in [1.82, 2.24) is 10.6 Å². The van der Waals surface area contributed by atoms with Crippen molar-refractivity contribution in [1.29, 1.82) is 0 Å². The number of aliphatic hydroxyl groups is 3. The number of carbonyl (C=O) groups is 3. The highest BCUT2D eigenvalue weighted by atomic mass is 16.3. The topological polar surface area (TPSA) is 136 Å². The van der Waals surface area contributed by atoms with Gasteiger partial charge in [0, 0.05) is 6.54 Å². The predicted molar refractivity (Wildman–Crippen MR) is 137 cm³/mol. The summed E-state index contributed by atoms with van der Waals surface area (Å²) in [5.41, 5.74) is -1.02. The molecule has 2 heterocycles. The number of fused-ring (bicyclic) bond motifs is 7. The first-order valence-corrected chi connectivity index (χ1v) is 14.0. The summed E-state index contributed by atoms with van der Waals surface area (Å²) < 4.78 is 0. The van der Waals surface area contributed by atoms with Crippen LogP contribution < -0.4 is 10.6 Å². The number of hydrogen-bond donors (Lipinski definition) is 5. The third-order valence-corrected chi connectivity index (χ3v) is 10.1. The number of rotatable bonds is 1. The molecule has 0 aromatic heterocycles. The molecule has 1 saturated heterocycles. The average molecular weight is 513 g/mol. The minimum atomic E-state index is -0.793. The monoisotopic (exact) mass is 512 g/mol. The van der Waals surface area contributed by atoms with E-state index in [1.165, 1.54) is 6.08 Å². The molecule has 202 valence electrons. The van der Waals surface area contributed by atoms with Gasteiger partial charge in [0.15, 0.2) is 5.78 Å². The third-order valence-electron chi connectivity index (χ3n) is 10.1.